The van der Waals surface area contributed by atoms with E-state index in [4.69, 9.17) is 0 Å². The van der Waals surface area contributed by atoms with Crippen LogP contribution in [-0.2, 0) is 21.4 Å². The van der Waals surface area contributed by atoms with E-state index in [-0.39, 0.29) is 23.8 Å². The second-order valence-corrected chi connectivity index (χ2v) is 10.2. The molecule has 0 spiro atoms. The van der Waals surface area contributed by atoms with Gasteiger partial charge < -0.3 is 5.32 Å². The van der Waals surface area contributed by atoms with Crippen LogP contribution in [0.3, 0.4) is 0 Å². The maximum absolute atomic E-state index is 12.4. The average Bonchev–Trinajstić information content (AvgIpc) is 2.73. The molecule has 0 saturated carbocycles. The van der Waals surface area contributed by atoms with Crippen molar-refractivity contribution in [2.45, 2.75) is 63.9 Å². The number of piperidine rings is 1. The molecule has 6 nitrogen and oxygen atoms in total. The Kier molecular flexibility index (Phi) is 7.86. The van der Waals surface area contributed by atoms with Gasteiger partial charge in [0.15, 0.2) is 0 Å². The number of amides is 1. The van der Waals surface area contributed by atoms with E-state index in [1.165, 1.54) is 24.8 Å². The molecule has 1 aliphatic rings. The summed E-state index contributed by atoms with van der Waals surface area (Å²) in [6.45, 7) is 8.20. The zero-order valence-corrected chi connectivity index (χ0v) is 19.5. The van der Waals surface area contributed by atoms with Gasteiger partial charge in [-0.3, -0.25) is 9.69 Å². The molecule has 2 aromatic rings. The van der Waals surface area contributed by atoms with Gasteiger partial charge >= 0.3 is 0 Å². The second kappa shape index (κ2) is 10.4. The summed E-state index contributed by atoms with van der Waals surface area (Å²) in [7, 11) is -3.63. The molecule has 1 heterocycles. The summed E-state index contributed by atoms with van der Waals surface area (Å²) in [6.07, 6.45) is 3.88. The predicted molar refractivity (Wildman–Crippen MR) is 125 cm³/mol. The number of hydrogen-bond acceptors (Lipinski definition) is 4. The van der Waals surface area contributed by atoms with Gasteiger partial charge in [0.1, 0.15) is 0 Å². The van der Waals surface area contributed by atoms with E-state index in [0.717, 1.165) is 29.9 Å². The Hall–Kier alpha value is -2.22. The number of carbonyl (C=O) groups is 1. The summed E-state index contributed by atoms with van der Waals surface area (Å²) in [4.78, 5) is 14.9. The first-order chi connectivity index (χ1) is 14.7. The van der Waals surface area contributed by atoms with Crippen LogP contribution in [0.4, 0.5) is 5.69 Å². The molecule has 31 heavy (non-hydrogen) atoms. The molecule has 1 saturated heterocycles. The first-order valence-electron chi connectivity index (χ1n) is 10.9. The molecule has 1 amide bonds. The zero-order chi connectivity index (χ0) is 22.4. The molecule has 1 fully saturated rings. The van der Waals surface area contributed by atoms with E-state index >= 15 is 0 Å². The van der Waals surface area contributed by atoms with Crippen LogP contribution in [0, 0.1) is 13.8 Å². The van der Waals surface area contributed by atoms with E-state index in [1.807, 2.05) is 38.1 Å². The third-order valence-corrected chi connectivity index (χ3v) is 7.46. The fourth-order valence-corrected chi connectivity index (χ4v) is 4.92. The number of carbonyl (C=O) groups excluding carboxylic acids is 1. The van der Waals surface area contributed by atoms with Crippen LogP contribution in [0.1, 0.15) is 49.3 Å². The van der Waals surface area contributed by atoms with Gasteiger partial charge in [0.25, 0.3) is 0 Å². The fraction of sp³-hybridized carbons (Fsp3) is 0.458. The minimum Gasteiger partial charge on any atom is -0.326 e. The molecular formula is C24H33N3O3S. The van der Waals surface area contributed by atoms with Gasteiger partial charge in [0.05, 0.1) is 4.90 Å². The van der Waals surface area contributed by atoms with Gasteiger partial charge in [-0.05, 0) is 81.1 Å². The quantitative estimate of drug-likeness (QED) is 0.647. The highest BCUT2D eigenvalue weighted by molar-refractivity contribution is 7.89. The molecular weight excluding hydrogens is 410 g/mol. The summed E-state index contributed by atoms with van der Waals surface area (Å²) in [5.41, 5.74) is 3.90. The van der Waals surface area contributed by atoms with Crippen molar-refractivity contribution in [1.29, 1.82) is 0 Å². The summed E-state index contributed by atoms with van der Waals surface area (Å²) in [5.74, 6) is -0.222. The minimum absolute atomic E-state index is 0.0476. The van der Waals surface area contributed by atoms with Crippen LogP contribution in [0.2, 0.25) is 0 Å². The highest BCUT2D eigenvalue weighted by Crippen LogP contribution is 2.20. The molecule has 1 atom stereocenters. The Bertz CT molecular complexity index is 1000. The van der Waals surface area contributed by atoms with Crippen molar-refractivity contribution < 1.29 is 13.2 Å². The Balaban J connectivity index is 1.46. The van der Waals surface area contributed by atoms with Crippen molar-refractivity contribution in [3.8, 4) is 0 Å². The van der Waals surface area contributed by atoms with Crippen LogP contribution in [0.25, 0.3) is 0 Å². The summed E-state index contributed by atoms with van der Waals surface area (Å²) in [5, 5.41) is 2.84. The SMILES string of the molecule is Cc1ccc(S(=O)(=O)NCCC(=O)Nc2ccc(CN3CCCCC3C)cc2)cc1C. The van der Waals surface area contributed by atoms with Gasteiger partial charge in [-0.15, -0.1) is 0 Å². The number of aryl methyl sites for hydroxylation is 2. The Morgan fingerprint density at radius 2 is 1.81 bits per heavy atom. The van der Waals surface area contributed by atoms with Crippen LogP contribution in [0.5, 0.6) is 0 Å². The molecule has 0 aliphatic carbocycles. The van der Waals surface area contributed by atoms with E-state index in [1.54, 1.807) is 18.2 Å². The van der Waals surface area contributed by atoms with Crippen LogP contribution >= 0.6 is 0 Å². The highest BCUT2D eigenvalue weighted by atomic mass is 32.2. The number of nitrogens with one attached hydrogen (secondary N) is 2. The smallest absolute Gasteiger partial charge is 0.240 e. The number of sulfonamides is 1. The van der Waals surface area contributed by atoms with Crippen molar-refractivity contribution in [2.24, 2.45) is 0 Å². The molecule has 0 aromatic heterocycles. The maximum atomic E-state index is 12.4. The van der Waals surface area contributed by atoms with E-state index < -0.39 is 10.0 Å². The largest absolute Gasteiger partial charge is 0.326 e. The standard InChI is InChI=1S/C24H33N3O3S/c1-18-7-12-23(16-19(18)2)31(29,30)25-14-13-24(28)26-22-10-8-21(9-11-22)17-27-15-5-4-6-20(27)3/h7-12,16,20,25H,4-6,13-15,17H2,1-3H3,(H,26,28). The number of hydrogen-bond donors (Lipinski definition) is 2. The van der Waals surface area contributed by atoms with Gasteiger partial charge in [0, 0.05) is 31.2 Å². The van der Waals surface area contributed by atoms with Gasteiger partial charge in [0.2, 0.25) is 15.9 Å². The number of likely N-dealkylation sites (tertiary alicyclic amines) is 1. The zero-order valence-electron chi connectivity index (χ0n) is 18.6. The van der Waals surface area contributed by atoms with Crippen LogP contribution in [0.15, 0.2) is 47.4 Å². The first-order valence-corrected chi connectivity index (χ1v) is 12.4. The number of rotatable bonds is 8. The van der Waals surface area contributed by atoms with Crippen molar-refractivity contribution >= 4 is 21.6 Å². The van der Waals surface area contributed by atoms with Gasteiger partial charge in [-0.2, -0.15) is 0 Å². The molecule has 168 valence electrons. The molecule has 0 radical (unpaired) electrons. The number of nitrogens with zero attached hydrogens (tertiary/aromatic N) is 1. The molecule has 2 N–H and O–H groups in total. The Labute approximate surface area is 186 Å². The third kappa shape index (κ3) is 6.63. The molecule has 7 heteroatoms. The maximum Gasteiger partial charge on any atom is 0.240 e. The van der Waals surface area contributed by atoms with E-state index in [9.17, 15) is 13.2 Å². The van der Waals surface area contributed by atoms with E-state index in [0.29, 0.717) is 6.04 Å². The lowest BCUT2D eigenvalue weighted by atomic mass is 10.0. The van der Waals surface area contributed by atoms with Crippen molar-refractivity contribution in [2.75, 3.05) is 18.4 Å². The summed E-state index contributed by atoms with van der Waals surface area (Å²) >= 11 is 0. The average molecular weight is 444 g/mol. The predicted octanol–water partition coefficient (Wildman–Crippen LogP) is 3.98. The first kappa shape index (κ1) is 23.4. The monoisotopic (exact) mass is 443 g/mol. The third-order valence-electron chi connectivity index (χ3n) is 6.00. The minimum atomic E-state index is -3.63. The van der Waals surface area contributed by atoms with Crippen molar-refractivity contribution in [3.63, 3.8) is 0 Å². The highest BCUT2D eigenvalue weighted by Gasteiger charge is 2.18. The Morgan fingerprint density at radius 3 is 2.48 bits per heavy atom. The molecule has 1 aliphatic heterocycles. The van der Waals surface area contributed by atoms with E-state index in [2.05, 4.69) is 21.9 Å². The lowest BCUT2D eigenvalue weighted by Crippen LogP contribution is -2.36. The molecule has 0 bridgehead atoms. The molecule has 3 rings (SSSR count). The summed E-state index contributed by atoms with van der Waals surface area (Å²) < 4.78 is 27.3. The van der Waals surface area contributed by atoms with Crippen molar-refractivity contribution in [3.05, 3.63) is 59.2 Å². The second-order valence-electron chi connectivity index (χ2n) is 8.45. The molecule has 2 aromatic carbocycles. The lowest BCUT2D eigenvalue weighted by Gasteiger charge is -2.33. The molecule has 1 unspecified atom stereocenters. The van der Waals surface area contributed by atoms with Crippen LogP contribution < -0.4 is 10.0 Å². The van der Waals surface area contributed by atoms with Gasteiger partial charge in [-0.25, -0.2) is 13.1 Å². The summed E-state index contributed by atoms with van der Waals surface area (Å²) in [6, 6.07) is 13.5. The lowest BCUT2D eigenvalue weighted by molar-refractivity contribution is -0.116. The van der Waals surface area contributed by atoms with Gasteiger partial charge in [-0.1, -0.05) is 24.6 Å². The Morgan fingerprint density at radius 1 is 1.06 bits per heavy atom. The fourth-order valence-electron chi connectivity index (χ4n) is 3.81. The van der Waals surface area contributed by atoms with Crippen LogP contribution in [-0.4, -0.2) is 38.4 Å². The number of benzene rings is 2. The number of anilines is 1. The normalized spacial score (nSPS) is 17.5. The van der Waals surface area contributed by atoms with Crippen molar-refractivity contribution in [1.82, 2.24) is 9.62 Å². The topological polar surface area (TPSA) is 78.5 Å².